The maximum atomic E-state index is 5.29. The lowest BCUT2D eigenvalue weighted by molar-refractivity contribution is 0.415. The van der Waals surface area contributed by atoms with Crippen molar-refractivity contribution in [2.75, 3.05) is 13.7 Å². The number of aryl methyl sites for hydroxylation is 1. The van der Waals surface area contributed by atoms with E-state index in [1.54, 1.807) is 7.11 Å². The van der Waals surface area contributed by atoms with Crippen molar-refractivity contribution in [3.05, 3.63) is 28.6 Å². The van der Waals surface area contributed by atoms with Gasteiger partial charge in [-0.05, 0) is 48.5 Å². The number of fused-ring (bicyclic) bond motifs is 1. The Morgan fingerprint density at radius 3 is 2.78 bits per heavy atom. The van der Waals surface area contributed by atoms with Crippen LogP contribution >= 0.6 is 11.3 Å². The summed E-state index contributed by atoms with van der Waals surface area (Å²) in [6.45, 7) is 8.69. The minimum atomic E-state index is 0.694. The molecule has 0 aliphatic carbocycles. The lowest BCUT2D eigenvalue weighted by Gasteiger charge is -2.06. The quantitative estimate of drug-likeness (QED) is 0.881. The van der Waals surface area contributed by atoms with Gasteiger partial charge in [0.1, 0.15) is 5.75 Å². The number of hydrogen-bond donors (Lipinski definition) is 1. The van der Waals surface area contributed by atoms with Crippen LogP contribution in [0, 0.1) is 12.8 Å². The zero-order chi connectivity index (χ0) is 13.1. The van der Waals surface area contributed by atoms with Crippen LogP contribution in [0.1, 0.15) is 24.3 Å². The highest BCUT2D eigenvalue weighted by molar-refractivity contribution is 7.19. The monoisotopic (exact) mass is 263 g/mol. The van der Waals surface area contributed by atoms with Gasteiger partial charge < -0.3 is 10.1 Å². The standard InChI is InChI=1S/C15H21NOS/c1-10(2)8-16-9-15-11(3)13-7-12(17-4)5-6-14(13)18-15/h5-7,10,16H,8-9H2,1-4H3. The summed E-state index contributed by atoms with van der Waals surface area (Å²) in [7, 11) is 1.72. The molecule has 0 spiro atoms. The Hall–Kier alpha value is -1.06. The van der Waals surface area contributed by atoms with E-state index in [1.807, 2.05) is 17.4 Å². The first-order chi connectivity index (χ1) is 8.61. The molecule has 0 atom stereocenters. The van der Waals surface area contributed by atoms with Gasteiger partial charge in [0.2, 0.25) is 0 Å². The smallest absolute Gasteiger partial charge is 0.119 e. The largest absolute Gasteiger partial charge is 0.497 e. The molecule has 1 aromatic heterocycles. The van der Waals surface area contributed by atoms with Crippen LogP contribution in [0.5, 0.6) is 5.75 Å². The third kappa shape index (κ3) is 2.85. The van der Waals surface area contributed by atoms with Crippen LogP contribution in [0.15, 0.2) is 18.2 Å². The van der Waals surface area contributed by atoms with Crippen LogP contribution < -0.4 is 10.1 Å². The number of benzene rings is 1. The van der Waals surface area contributed by atoms with Gasteiger partial charge in [0, 0.05) is 16.1 Å². The van der Waals surface area contributed by atoms with Crippen LogP contribution in [0.25, 0.3) is 10.1 Å². The van der Waals surface area contributed by atoms with E-state index < -0.39 is 0 Å². The topological polar surface area (TPSA) is 21.3 Å². The second-order valence-corrected chi connectivity index (χ2v) is 6.17. The Kier molecular flexibility index (Phi) is 4.25. The molecular formula is C15H21NOS. The predicted molar refractivity (Wildman–Crippen MR) is 79.7 cm³/mol. The highest BCUT2D eigenvalue weighted by Gasteiger charge is 2.09. The number of methoxy groups -OCH3 is 1. The molecule has 1 aromatic carbocycles. The van der Waals surface area contributed by atoms with Gasteiger partial charge in [-0.2, -0.15) is 0 Å². The third-order valence-electron chi connectivity index (χ3n) is 3.08. The van der Waals surface area contributed by atoms with Crippen molar-refractivity contribution in [2.45, 2.75) is 27.3 Å². The molecule has 0 fully saturated rings. The van der Waals surface area contributed by atoms with Crippen LogP contribution in [0.4, 0.5) is 0 Å². The second-order valence-electron chi connectivity index (χ2n) is 5.04. The van der Waals surface area contributed by atoms with Crippen LogP contribution in [0.2, 0.25) is 0 Å². The van der Waals surface area contributed by atoms with E-state index in [0.29, 0.717) is 5.92 Å². The van der Waals surface area contributed by atoms with Crippen molar-refractivity contribution in [1.29, 1.82) is 0 Å². The zero-order valence-corrected chi connectivity index (χ0v) is 12.4. The van der Waals surface area contributed by atoms with Gasteiger partial charge in [0.05, 0.1) is 7.11 Å². The molecule has 98 valence electrons. The summed E-state index contributed by atoms with van der Waals surface area (Å²) in [6, 6.07) is 6.31. The fourth-order valence-electron chi connectivity index (χ4n) is 2.02. The molecule has 2 nitrogen and oxygen atoms in total. The molecule has 0 saturated heterocycles. The van der Waals surface area contributed by atoms with E-state index in [2.05, 4.69) is 38.2 Å². The summed E-state index contributed by atoms with van der Waals surface area (Å²) < 4.78 is 6.63. The third-order valence-corrected chi connectivity index (χ3v) is 4.35. The van der Waals surface area contributed by atoms with Gasteiger partial charge in [-0.15, -0.1) is 11.3 Å². The molecule has 0 bridgehead atoms. The van der Waals surface area contributed by atoms with Crippen molar-refractivity contribution in [3.8, 4) is 5.75 Å². The number of ether oxygens (including phenoxy) is 1. The first kappa shape index (κ1) is 13.4. The summed E-state index contributed by atoms with van der Waals surface area (Å²) in [5.41, 5.74) is 1.38. The molecule has 0 unspecified atom stereocenters. The van der Waals surface area contributed by atoms with E-state index >= 15 is 0 Å². The lowest BCUT2D eigenvalue weighted by Crippen LogP contribution is -2.18. The summed E-state index contributed by atoms with van der Waals surface area (Å²) in [5.74, 6) is 1.63. The highest BCUT2D eigenvalue weighted by Crippen LogP contribution is 2.33. The van der Waals surface area contributed by atoms with E-state index in [0.717, 1.165) is 18.8 Å². The molecule has 1 N–H and O–H groups in total. The Balaban J connectivity index is 2.21. The molecule has 2 rings (SSSR count). The van der Waals surface area contributed by atoms with E-state index in [1.165, 1.54) is 20.5 Å². The van der Waals surface area contributed by atoms with Gasteiger partial charge >= 0.3 is 0 Å². The van der Waals surface area contributed by atoms with Gasteiger partial charge in [-0.25, -0.2) is 0 Å². The first-order valence-corrected chi connectivity index (χ1v) is 7.20. The summed E-state index contributed by atoms with van der Waals surface area (Å²) in [5, 5.41) is 4.83. The second kappa shape index (κ2) is 5.72. The fraction of sp³-hybridized carbons (Fsp3) is 0.467. The van der Waals surface area contributed by atoms with Gasteiger partial charge in [-0.1, -0.05) is 13.8 Å². The van der Waals surface area contributed by atoms with Crippen molar-refractivity contribution in [1.82, 2.24) is 5.32 Å². The SMILES string of the molecule is COc1ccc2sc(CNCC(C)C)c(C)c2c1. The lowest BCUT2D eigenvalue weighted by atomic mass is 10.1. The number of rotatable bonds is 5. The van der Waals surface area contributed by atoms with Crippen LogP contribution in [0.3, 0.4) is 0 Å². The maximum Gasteiger partial charge on any atom is 0.119 e. The Morgan fingerprint density at radius 2 is 2.11 bits per heavy atom. The first-order valence-electron chi connectivity index (χ1n) is 6.38. The van der Waals surface area contributed by atoms with Gasteiger partial charge in [0.25, 0.3) is 0 Å². The molecule has 2 aromatic rings. The Bertz CT molecular complexity index is 531. The van der Waals surface area contributed by atoms with Crippen molar-refractivity contribution >= 4 is 21.4 Å². The number of nitrogens with one attached hydrogen (secondary N) is 1. The average Bonchev–Trinajstić information content (AvgIpc) is 2.66. The summed E-state index contributed by atoms with van der Waals surface area (Å²) >= 11 is 1.88. The van der Waals surface area contributed by atoms with Gasteiger partial charge in [0.15, 0.2) is 0 Å². The Morgan fingerprint density at radius 1 is 1.33 bits per heavy atom. The zero-order valence-electron chi connectivity index (χ0n) is 11.5. The van der Waals surface area contributed by atoms with E-state index in [4.69, 9.17) is 4.74 Å². The van der Waals surface area contributed by atoms with E-state index in [-0.39, 0.29) is 0 Å². The molecule has 0 saturated carbocycles. The normalized spacial score (nSPS) is 11.4. The molecule has 3 heteroatoms. The molecule has 0 aliphatic heterocycles. The summed E-state index contributed by atoms with van der Waals surface area (Å²) in [4.78, 5) is 1.43. The molecule has 0 amide bonds. The molecule has 0 aliphatic rings. The molecule has 1 heterocycles. The minimum absolute atomic E-state index is 0.694. The van der Waals surface area contributed by atoms with Crippen molar-refractivity contribution < 1.29 is 4.74 Å². The molecular weight excluding hydrogens is 242 g/mol. The van der Waals surface area contributed by atoms with Crippen LogP contribution in [-0.2, 0) is 6.54 Å². The summed E-state index contributed by atoms with van der Waals surface area (Å²) in [6.07, 6.45) is 0. The number of hydrogen-bond acceptors (Lipinski definition) is 3. The Labute approximate surface area is 113 Å². The van der Waals surface area contributed by atoms with E-state index in [9.17, 15) is 0 Å². The molecule has 18 heavy (non-hydrogen) atoms. The van der Waals surface area contributed by atoms with Crippen molar-refractivity contribution in [2.24, 2.45) is 5.92 Å². The average molecular weight is 263 g/mol. The highest BCUT2D eigenvalue weighted by atomic mass is 32.1. The maximum absolute atomic E-state index is 5.29. The number of thiophene rings is 1. The van der Waals surface area contributed by atoms with Crippen molar-refractivity contribution in [3.63, 3.8) is 0 Å². The van der Waals surface area contributed by atoms with Gasteiger partial charge in [-0.3, -0.25) is 0 Å². The molecule has 0 radical (unpaired) electrons. The predicted octanol–water partition coefficient (Wildman–Crippen LogP) is 3.96. The fourth-order valence-corrected chi connectivity index (χ4v) is 3.18. The minimum Gasteiger partial charge on any atom is -0.497 e. The van der Waals surface area contributed by atoms with Crippen LogP contribution in [-0.4, -0.2) is 13.7 Å².